The van der Waals surface area contributed by atoms with Crippen molar-refractivity contribution in [3.63, 3.8) is 0 Å². The molecule has 17 heavy (non-hydrogen) atoms. The monoisotopic (exact) mass is 230 g/mol. The zero-order chi connectivity index (χ0) is 12.7. The SMILES string of the molecule is C=CCN(CC=C)C(=O)c1ccc(CN)cc1. The molecular formula is C14H18N2O. The smallest absolute Gasteiger partial charge is 0.254 e. The number of carbonyl (C=O) groups excluding carboxylic acids is 1. The molecule has 1 aromatic rings. The molecule has 1 aromatic carbocycles. The Morgan fingerprint density at radius 3 is 2.12 bits per heavy atom. The van der Waals surface area contributed by atoms with E-state index in [-0.39, 0.29) is 5.91 Å². The molecule has 90 valence electrons. The third kappa shape index (κ3) is 3.57. The molecule has 3 nitrogen and oxygen atoms in total. The van der Waals surface area contributed by atoms with Crippen molar-refractivity contribution in [1.82, 2.24) is 4.90 Å². The van der Waals surface area contributed by atoms with Crippen molar-refractivity contribution >= 4 is 5.91 Å². The first-order chi connectivity index (χ1) is 8.22. The largest absolute Gasteiger partial charge is 0.331 e. The van der Waals surface area contributed by atoms with Crippen molar-refractivity contribution in [3.05, 3.63) is 60.7 Å². The first-order valence-corrected chi connectivity index (χ1v) is 5.53. The molecule has 0 heterocycles. The molecule has 1 rings (SSSR count). The van der Waals surface area contributed by atoms with Crippen molar-refractivity contribution in [3.8, 4) is 0 Å². The van der Waals surface area contributed by atoms with Crippen molar-refractivity contribution in [2.45, 2.75) is 6.54 Å². The van der Waals surface area contributed by atoms with Crippen molar-refractivity contribution in [2.24, 2.45) is 5.73 Å². The van der Waals surface area contributed by atoms with Gasteiger partial charge in [0.05, 0.1) is 0 Å². The van der Waals surface area contributed by atoms with Crippen LogP contribution in [-0.2, 0) is 6.54 Å². The lowest BCUT2D eigenvalue weighted by atomic mass is 10.1. The lowest BCUT2D eigenvalue weighted by molar-refractivity contribution is 0.0791. The van der Waals surface area contributed by atoms with E-state index in [2.05, 4.69) is 13.2 Å². The van der Waals surface area contributed by atoms with Crippen molar-refractivity contribution in [2.75, 3.05) is 13.1 Å². The Balaban J connectivity index is 2.84. The maximum absolute atomic E-state index is 12.1. The highest BCUT2D eigenvalue weighted by Gasteiger charge is 2.12. The fraction of sp³-hybridized carbons (Fsp3) is 0.214. The number of nitrogens with two attached hydrogens (primary N) is 1. The average molecular weight is 230 g/mol. The fourth-order valence-corrected chi connectivity index (χ4v) is 1.52. The van der Waals surface area contributed by atoms with Crippen LogP contribution in [0.5, 0.6) is 0 Å². The van der Waals surface area contributed by atoms with E-state index in [9.17, 15) is 4.79 Å². The minimum Gasteiger partial charge on any atom is -0.331 e. The molecule has 0 aromatic heterocycles. The van der Waals surface area contributed by atoms with Gasteiger partial charge in [-0.2, -0.15) is 0 Å². The van der Waals surface area contributed by atoms with Crippen LogP contribution < -0.4 is 5.73 Å². The van der Waals surface area contributed by atoms with Crippen LogP contribution >= 0.6 is 0 Å². The highest BCUT2D eigenvalue weighted by molar-refractivity contribution is 5.94. The van der Waals surface area contributed by atoms with Gasteiger partial charge in [-0.3, -0.25) is 4.79 Å². The van der Waals surface area contributed by atoms with Crippen LogP contribution in [-0.4, -0.2) is 23.9 Å². The molecule has 2 N–H and O–H groups in total. The molecule has 0 atom stereocenters. The molecule has 0 saturated heterocycles. The number of benzene rings is 1. The first kappa shape index (κ1) is 13.2. The number of hydrogen-bond donors (Lipinski definition) is 1. The van der Waals surface area contributed by atoms with Gasteiger partial charge < -0.3 is 10.6 Å². The van der Waals surface area contributed by atoms with E-state index < -0.39 is 0 Å². The Bertz CT molecular complexity index is 385. The van der Waals surface area contributed by atoms with Gasteiger partial charge in [-0.05, 0) is 17.7 Å². The van der Waals surface area contributed by atoms with Crippen LogP contribution in [0.4, 0.5) is 0 Å². The number of amides is 1. The van der Waals surface area contributed by atoms with Gasteiger partial charge in [-0.15, -0.1) is 13.2 Å². The summed E-state index contributed by atoms with van der Waals surface area (Å²) in [6.07, 6.45) is 3.41. The standard InChI is InChI=1S/C14H18N2O/c1-3-9-16(10-4-2)14(17)13-7-5-12(11-15)6-8-13/h3-8H,1-2,9-11,15H2. The molecule has 0 aliphatic heterocycles. The lowest BCUT2D eigenvalue weighted by Gasteiger charge is -2.19. The summed E-state index contributed by atoms with van der Waals surface area (Å²) in [5, 5.41) is 0. The number of hydrogen-bond acceptors (Lipinski definition) is 2. The fourth-order valence-electron chi connectivity index (χ4n) is 1.52. The summed E-state index contributed by atoms with van der Waals surface area (Å²) in [4.78, 5) is 13.8. The summed E-state index contributed by atoms with van der Waals surface area (Å²) in [6.45, 7) is 8.80. The summed E-state index contributed by atoms with van der Waals surface area (Å²) in [5.74, 6) is -0.0200. The second-order valence-electron chi connectivity index (χ2n) is 3.69. The maximum atomic E-state index is 12.1. The highest BCUT2D eigenvalue weighted by atomic mass is 16.2. The molecule has 3 heteroatoms. The van der Waals surface area contributed by atoms with E-state index >= 15 is 0 Å². The summed E-state index contributed by atoms with van der Waals surface area (Å²) >= 11 is 0. The quantitative estimate of drug-likeness (QED) is 0.759. The minimum absolute atomic E-state index is 0.0200. The summed E-state index contributed by atoms with van der Waals surface area (Å²) in [5.41, 5.74) is 7.18. The molecule has 0 fully saturated rings. The minimum atomic E-state index is -0.0200. The van der Waals surface area contributed by atoms with E-state index in [4.69, 9.17) is 5.73 Å². The average Bonchev–Trinajstić information content (AvgIpc) is 2.38. The molecule has 0 radical (unpaired) electrons. The number of nitrogens with zero attached hydrogens (tertiary/aromatic N) is 1. The Morgan fingerprint density at radius 1 is 1.18 bits per heavy atom. The van der Waals surface area contributed by atoms with E-state index in [0.29, 0.717) is 25.2 Å². The zero-order valence-corrected chi connectivity index (χ0v) is 9.93. The second kappa shape index (κ2) is 6.66. The molecule has 0 bridgehead atoms. The molecule has 0 aliphatic rings. The van der Waals surface area contributed by atoms with Gasteiger partial charge in [0.1, 0.15) is 0 Å². The van der Waals surface area contributed by atoms with E-state index in [1.165, 1.54) is 0 Å². The predicted molar refractivity (Wildman–Crippen MR) is 70.6 cm³/mol. The van der Waals surface area contributed by atoms with Gasteiger partial charge >= 0.3 is 0 Å². The third-order valence-electron chi connectivity index (χ3n) is 2.42. The summed E-state index contributed by atoms with van der Waals surface area (Å²) < 4.78 is 0. The first-order valence-electron chi connectivity index (χ1n) is 5.53. The lowest BCUT2D eigenvalue weighted by Crippen LogP contribution is -2.31. The molecule has 1 amide bonds. The molecule has 0 saturated carbocycles. The number of rotatable bonds is 6. The van der Waals surface area contributed by atoms with Gasteiger partial charge in [0.25, 0.3) is 5.91 Å². The summed E-state index contributed by atoms with van der Waals surface area (Å²) in [7, 11) is 0. The maximum Gasteiger partial charge on any atom is 0.254 e. The highest BCUT2D eigenvalue weighted by Crippen LogP contribution is 2.07. The second-order valence-corrected chi connectivity index (χ2v) is 3.69. The number of carbonyl (C=O) groups is 1. The molecule has 0 aliphatic carbocycles. The van der Waals surface area contributed by atoms with Gasteiger partial charge in [-0.1, -0.05) is 24.3 Å². The third-order valence-corrected chi connectivity index (χ3v) is 2.42. The Labute approximate surface area is 102 Å². The Kier molecular flexibility index (Phi) is 5.17. The van der Waals surface area contributed by atoms with Gasteiger partial charge in [0, 0.05) is 25.2 Å². The summed E-state index contributed by atoms with van der Waals surface area (Å²) in [6, 6.07) is 7.33. The van der Waals surface area contributed by atoms with Crippen molar-refractivity contribution in [1.29, 1.82) is 0 Å². The topological polar surface area (TPSA) is 46.3 Å². The molecule has 0 spiro atoms. The van der Waals surface area contributed by atoms with Crippen LogP contribution in [0.25, 0.3) is 0 Å². The van der Waals surface area contributed by atoms with E-state index in [1.807, 2.05) is 12.1 Å². The van der Waals surface area contributed by atoms with Crippen LogP contribution in [0.2, 0.25) is 0 Å². The molecular weight excluding hydrogens is 212 g/mol. The van der Waals surface area contributed by atoms with Gasteiger partial charge in [0.2, 0.25) is 0 Å². The van der Waals surface area contributed by atoms with Crippen LogP contribution in [0.15, 0.2) is 49.6 Å². The van der Waals surface area contributed by atoms with Gasteiger partial charge in [-0.25, -0.2) is 0 Å². The van der Waals surface area contributed by atoms with Crippen LogP contribution in [0.1, 0.15) is 15.9 Å². The Morgan fingerprint density at radius 2 is 1.71 bits per heavy atom. The van der Waals surface area contributed by atoms with E-state index in [0.717, 1.165) is 5.56 Å². The normalized spacial score (nSPS) is 9.71. The zero-order valence-electron chi connectivity index (χ0n) is 9.93. The predicted octanol–water partition coefficient (Wildman–Crippen LogP) is 1.96. The van der Waals surface area contributed by atoms with E-state index in [1.54, 1.807) is 29.2 Å². The van der Waals surface area contributed by atoms with Crippen molar-refractivity contribution < 1.29 is 4.79 Å². The van der Waals surface area contributed by atoms with Crippen LogP contribution in [0.3, 0.4) is 0 Å². The van der Waals surface area contributed by atoms with Crippen LogP contribution in [0, 0.1) is 0 Å². The van der Waals surface area contributed by atoms with Gasteiger partial charge in [0.15, 0.2) is 0 Å². The Hall–Kier alpha value is -1.87. The molecule has 0 unspecified atom stereocenters.